The fourth-order valence-corrected chi connectivity index (χ4v) is 1.19. The van der Waals surface area contributed by atoms with E-state index in [1.807, 2.05) is 6.92 Å². The first kappa shape index (κ1) is 7.48. The second-order valence-electron chi connectivity index (χ2n) is 2.91. The molecule has 0 amide bonds. The largest absolute Gasteiger partial charge is 0.358 e. The first-order valence-corrected chi connectivity index (χ1v) is 3.39. The van der Waals surface area contributed by atoms with Gasteiger partial charge in [0.05, 0.1) is 0 Å². The zero-order valence-electron chi connectivity index (χ0n) is 6.39. The highest BCUT2D eigenvalue weighted by Crippen LogP contribution is 2.39. The summed E-state index contributed by atoms with van der Waals surface area (Å²) in [5.41, 5.74) is -0.229. The van der Waals surface area contributed by atoms with Crippen LogP contribution in [0.2, 0.25) is 0 Å². The molecule has 1 aliphatic rings. The molecule has 0 aromatic carbocycles. The summed E-state index contributed by atoms with van der Waals surface area (Å²) in [6.45, 7) is 7.07. The van der Waals surface area contributed by atoms with E-state index in [1.54, 1.807) is 13.0 Å². The first-order chi connectivity index (χ1) is 4.60. The molecule has 10 heavy (non-hydrogen) atoms. The lowest BCUT2D eigenvalue weighted by molar-refractivity contribution is -0.118. The van der Waals surface area contributed by atoms with Crippen LogP contribution in [-0.4, -0.2) is 17.5 Å². The number of epoxide rings is 1. The van der Waals surface area contributed by atoms with Crippen LogP contribution in [0.25, 0.3) is 0 Å². The smallest absolute Gasteiger partial charge is 0.161 e. The van der Waals surface area contributed by atoms with Crippen LogP contribution in [0.4, 0.5) is 0 Å². The topological polar surface area (TPSA) is 29.6 Å². The number of hydrogen-bond acceptors (Lipinski definition) is 2. The van der Waals surface area contributed by atoms with Gasteiger partial charge in [-0.15, -0.1) is 6.58 Å². The van der Waals surface area contributed by atoms with Crippen LogP contribution in [0.3, 0.4) is 0 Å². The molecule has 2 heteroatoms. The Morgan fingerprint density at radius 1 is 1.90 bits per heavy atom. The molecule has 0 bridgehead atoms. The highest BCUT2D eigenvalue weighted by molar-refractivity contribution is 5.84. The minimum Gasteiger partial charge on any atom is -0.358 e. The van der Waals surface area contributed by atoms with Gasteiger partial charge in [-0.3, -0.25) is 4.79 Å². The van der Waals surface area contributed by atoms with Crippen molar-refractivity contribution in [2.45, 2.75) is 32.0 Å². The molecule has 2 nitrogen and oxygen atoms in total. The van der Waals surface area contributed by atoms with Gasteiger partial charge in [0, 0.05) is 0 Å². The molecule has 0 radical (unpaired) electrons. The summed E-state index contributed by atoms with van der Waals surface area (Å²) in [6, 6.07) is 0. The minimum absolute atomic E-state index is 0.115. The molecule has 2 atom stereocenters. The van der Waals surface area contributed by atoms with Crippen LogP contribution < -0.4 is 0 Å². The number of carbonyl (C=O) groups excluding carboxylic acids is 1. The van der Waals surface area contributed by atoms with E-state index in [4.69, 9.17) is 4.74 Å². The molecule has 1 saturated heterocycles. The maximum Gasteiger partial charge on any atom is 0.161 e. The number of rotatable bonds is 3. The Labute approximate surface area is 60.9 Å². The average molecular weight is 140 g/mol. The minimum atomic E-state index is -0.229. The van der Waals surface area contributed by atoms with Crippen LogP contribution in [0.5, 0.6) is 0 Å². The van der Waals surface area contributed by atoms with Gasteiger partial charge in [0.2, 0.25) is 0 Å². The van der Waals surface area contributed by atoms with Crippen LogP contribution in [0, 0.1) is 0 Å². The molecular formula is C8H12O2. The quantitative estimate of drug-likeness (QED) is 0.437. The number of carbonyl (C=O) groups is 1. The van der Waals surface area contributed by atoms with Crippen molar-refractivity contribution in [3.8, 4) is 0 Å². The van der Waals surface area contributed by atoms with Gasteiger partial charge >= 0.3 is 0 Å². The molecule has 0 saturated carbocycles. The Kier molecular flexibility index (Phi) is 1.65. The monoisotopic (exact) mass is 140 g/mol. The standard InChI is InChI=1S/C8H12O2/c1-4-5-8(3)7(10-8)6(2)9/h4,7H,1,5H2,2-3H3. The molecule has 0 aromatic heterocycles. The van der Waals surface area contributed by atoms with Gasteiger partial charge in [-0.1, -0.05) is 6.08 Å². The Balaban J connectivity index is 2.47. The third-order valence-electron chi connectivity index (χ3n) is 1.80. The van der Waals surface area contributed by atoms with E-state index in [0.717, 1.165) is 6.42 Å². The second-order valence-corrected chi connectivity index (χ2v) is 2.91. The third-order valence-corrected chi connectivity index (χ3v) is 1.80. The van der Waals surface area contributed by atoms with E-state index >= 15 is 0 Å². The summed E-state index contributed by atoms with van der Waals surface area (Å²) in [7, 11) is 0. The SMILES string of the molecule is C=CCC1(C)OC1C(C)=O. The third kappa shape index (κ3) is 1.12. The highest BCUT2D eigenvalue weighted by Gasteiger charge is 2.53. The van der Waals surface area contributed by atoms with E-state index in [2.05, 4.69) is 6.58 Å². The Hall–Kier alpha value is -0.630. The van der Waals surface area contributed by atoms with Crippen molar-refractivity contribution >= 4 is 5.78 Å². The molecule has 1 fully saturated rings. The second kappa shape index (κ2) is 2.20. The molecule has 1 heterocycles. The van der Waals surface area contributed by atoms with Crippen molar-refractivity contribution in [2.24, 2.45) is 0 Å². The molecule has 2 unspecified atom stereocenters. The van der Waals surface area contributed by atoms with E-state index in [-0.39, 0.29) is 17.5 Å². The van der Waals surface area contributed by atoms with Crippen molar-refractivity contribution in [3.05, 3.63) is 12.7 Å². The van der Waals surface area contributed by atoms with E-state index in [0.29, 0.717) is 0 Å². The fraction of sp³-hybridized carbons (Fsp3) is 0.625. The lowest BCUT2D eigenvalue weighted by Gasteiger charge is -1.97. The normalized spacial score (nSPS) is 37.2. The first-order valence-electron chi connectivity index (χ1n) is 3.39. The van der Waals surface area contributed by atoms with Crippen LogP contribution in [0.1, 0.15) is 20.3 Å². The average Bonchev–Trinajstić information content (AvgIpc) is 2.43. The van der Waals surface area contributed by atoms with Gasteiger partial charge in [-0.25, -0.2) is 0 Å². The summed E-state index contributed by atoms with van der Waals surface area (Å²) >= 11 is 0. The summed E-state index contributed by atoms with van der Waals surface area (Å²) in [5, 5.41) is 0. The van der Waals surface area contributed by atoms with Gasteiger partial charge in [0.25, 0.3) is 0 Å². The maximum atomic E-state index is 10.7. The summed E-state index contributed by atoms with van der Waals surface area (Å²) in [4.78, 5) is 10.7. The highest BCUT2D eigenvalue weighted by atomic mass is 16.6. The van der Waals surface area contributed by atoms with Crippen molar-refractivity contribution in [3.63, 3.8) is 0 Å². The zero-order chi connectivity index (χ0) is 7.78. The molecule has 0 N–H and O–H groups in total. The lowest BCUT2D eigenvalue weighted by atomic mass is 10.0. The summed E-state index contributed by atoms with van der Waals surface area (Å²) in [5.74, 6) is 0.115. The molecule has 56 valence electrons. The Morgan fingerprint density at radius 2 is 2.50 bits per heavy atom. The fourth-order valence-electron chi connectivity index (χ4n) is 1.19. The molecule has 1 aliphatic heterocycles. The predicted octanol–water partition coefficient (Wildman–Crippen LogP) is 1.31. The Bertz CT molecular complexity index is 174. The number of Topliss-reactive ketones (excluding diaryl/α,β-unsaturated/α-hetero) is 1. The zero-order valence-corrected chi connectivity index (χ0v) is 6.39. The Morgan fingerprint density at radius 3 is 2.80 bits per heavy atom. The van der Waals surface area contributed by atoms with Gasteiger partial charge in [0.1, 0.15) is 11.7 Å². The van der Waals surface area contributed by atoms with Crippen LogP contribution >= 0.6 is 0 Å². The molecule has 0 spiro atoms. The van der Waals surface area contributed by atoms with E-state index in [9.17, 15) is 4.79 Å². The van der Waals surface area contributed by atoms with Gasteiger partial charge < -0.3 is 4.74 Å². The van der Waals surface area contributed by atoms with Crippen molar-refractivity contribution in [2.75, 3.05) is 0 Å². The molecular weight excluding hydrogens is 128 g/mol. The van der Waals surface area contributed by atoms with Crippen LogP contribution in [-0.2, 0) is 9.53 Å². The summed E-state index contributed by atoms with van der Waals surface area (Å²) in [6.07, 6.45) is 2.37. The van der Waals surface area contributed by atoms with E-state index in [1.165, 1.54) is 0 Å². The van der Waals surface area contributed by atoms with Crippen molar-refractivity contribution in [1.82, 2.24) is 0 Å². The predicted molar refractivity (Wildman–Crippen MR) is 38.8 cm³/mol. The molecule has 0 aliphatic carbocycles. The van der Waals surface area contributed by atoms with Gasteiger partial charge in [-0.05, 0) is 20.3 Å². The summed E-state index contributed by atoms with van der Waals surface area (Å²) < 4.78 is 5.19. The van der Waals surface area contributed by atoms with E-state index < -0.39 is 0 Å². The maximum absolute atomic E-state index is 10.7. The van der Waals surface area contributed by atoms with Crippen LogP contribution in [0.15, 0.2) is 12.7 Å². The van der Waals surface area contributed by atoms with Gasteiger partial charge in [0.15, 0.2) is 5.78 Å². The number of ether oxygens (including phenoxy) is 1. The van der Waals surface area contributed by atoms with Gasteiger partial charge in [-0.2, -0.15) is 0 Å². The molecule has 1 rings (SSSR count). The number of hydrogen-bond donors (Lipinski definition) is 0. The lowest BCUT2D eigenvalue weighted by Crippen LogP contribution is -2.13. The van der Waals surface area contributed by atoms with Crippen molar-refractivity contribution < 1.29 is 9.53 Å². The molecule has 0 aromatic rings. The van der Waals surface area contributed by atoms with Crippen molar-refractivity contribution in [1.29, 1.82) is 0 Å². The number of ketones is 1.